The Balaban J connectivity index is 2.27. The van der Waals surface area contributed by atoms with E-state index in [9.17, 15) is 8.78 Å². The number of thioether (sulfide) groups is 1. The summed E-state index contributed by atoms with van der Waals surface area (Å²) in [5, 5.41) is 3.12. The van der Waals surface area contributed by atoms with Crippen molar-refractivity contribution in [1.29, 1.82) is 0 Å². The van der Waals surface area contributed by atoms with Gasteiger partial charge in [0.2, 0.25) is 0 Å². The molecule has 0 aliphatic carbocycles. The van der Waals surface area contributed by atoms with E-state index in [1.807, 2.05) is 6.92 Å². The fourth-order valence-corrected chi connectivity index (χ4v) is 2.14. The van der Waals surface area contributed by atoms with Gasteiger partial charge < -0.3 is 5.32 Å². The molecule has 0 unspecified atom stereocenters. The Morgan fingerprint density at radius 2 is 1.84 bits per heavy atom. The van der Waals surface area contributed by atoms with Gasteiger partial charge in [0.1, 0.15) is 5.69 Å². The number of aromatic nitrogens is 2. The van der Waals surface area contributed by atoms with E-state index >= 15 is 0 Å². The molecule has 1 aromatic carbocycles. The lowest BCUT2D eigenvalue weighted by Crippen LogP contribution is -2.02. The van der Waals surface area contributed by atoms with E-state index in [1.54, 1.807) is 36.7 Å². The predicted octanol–water partition coefficient (Wildman–Crippen LogP) is 3.89. The summed E-state index contributed by atoms with van der Waals surface area (Å²) in [7, 11) is 0. The number of alkyl halides is 2. The summed E-state index contributed by atoms with van der Waals surface area (Å²) in [5.41, 5.74) is 1.57. The first-order valence-electron chi connectivity index (χ1n) is 5.81. The molecule has 100 valence electrons. The second-order valence-corrected chi connectivity index (χ2v) is 4.75. The van der Waals surface area contributed by atoms with Gasteiger partial charge in [-0.15, -0.1) is 0 Å². The summed E-state index contributed by atoms with van der Waals surface area (Å²) >= 11 is 0.532. The molecule has 0 amide bonds. The number of hydrogen-bond donors (Lipinski definition) is 1. The highest BCUT2D eigenvalue weighted by Crippen LogP contribution is 2.29. The van der Waals surface area contributed by atoms with E-state index < -0.39 is 5.76 Å². The van der Waals surface area contributed by atoms with Crippen LogP contribution in [0.4, 0.5) is 14.6 Å². The van der Waals surface area contributed by atoms with Crippen molar-refractivity contribution >= 4 is 17.6 Å². The standard InChI is InChI=1S/C13H13F2N3S/c1-2-16-12-11(17-7-8-18-12)9-3-5-10(6-4-9)19-13(14)15/h3-8,13H,2H2,1H3,(H,16,18). The van der Waals surface area contributed by atoms with E-state index in [0.717, 1.165) is 17.8 Å². The molecule has 2 aromatic rings. The Bertz CT molecular complexity index is 532. The molecule has 19 heavy (non-hydrogen) atoms. The van der Waals surface area contributed by atoms with Crippen molar-refractivity contribution in [3.05, 3.63) is 36.7 Å². The third-order valence-corrected chi connectivity index (χ3v) is 3.12. The largest absolute Gasteiger partial charge is 0.369 e. The molecule has 0 radical (unpaired) electrons. The van der Waals surface area contributed by atoms with Gasteiger partial charge in [-0.2, -0.15) is 8.78 Å². The Morgan fingerprint density at radius 1 is 1.16 bits per heavy atom. The number of nitrogens with one attached hydrogen (secondary N) is 1. The van der Waals surface area contributed by atoms with Crippen molar-refractivity contribution in [3.8, 4) is 11.3 Å². The quantitative estimate of drug-likeness (QED) is 0.844. The minimum Gasteiger partial charge on any atom is -0.369 e. The van der Waals surface area contributed by atoms with Crippen molar-refractivity contribution in [1.82, 2.24) is 9.97 Å². The molecule has 0 spiro atoms. The topological polar surface area (TPSA) is 37.8 Å². The zero-order valence-corrected chi connectivity index (χ0v) is 11.1. The molecule has 0 aliphatic rings. The second-order valence-electron chi connectivity index (χ2n) is 3.69. The number of rotatable bonds is 5. The maximum Gasteiger partial charge on any atom is 0.288 e. The lowest BCUT2D eigenvalue weighted by atomic mass is 10.1. The summed E-state index contributed by atoms with van der Waals surface area (Å²) in [6.45, 7) is 2.71. The average Bonchev–Trinajstić information content (AvgIpc) is 2.40. The fourth-order valence-electron chi connectivity index (χ4n) is 1.64. The first-order chi connectivity index (χ1) is 9.20. The molecular formula is C13H13F2N3S. The molecule has 0 fully saturated rings. The van der Waals surface area contributed by atoms with Gasteiger partial charge in [-0.3, -0.25) is 4.98 Å². The summed E-state index contributed by atoms with van der Waals surface area (Å²) < 4.78 is 24.5. The Hall–Kier alpha value is -1.69. The maximum absolute atomic E-state index is 12.2. The lowest BCUT2D eigenvalue weighted by molar-refractivity contribution is 0.252. The van der Waals surface area contributed by atoms with Crippen LogP contribution in [0.15, 0.2) is 41.6 Å². The number of anilines is 1. The Kier molecular flexibility index (Phi) is 4.68. The molecule has 1 heterocycles. The highest BCUT2D eigenvalue weighted by molar-refractivity contribution is 7.99. The van der Waals surface area contributed by atoms with Crippen LogP contribution in [0.3, 0.4) is 0 Å². The molecule has 0 saturated carbocycles. The number of halogens is 2. The molecule has 0 bridgehead atoms. The number of hydrogen-bond acceptors (Lipinski definition) is 4. The molecule has 0 atom stereocenters. The van der Waals surface area contributed by atoms with Gasteiger partial charge >= 0.3 is 0 Å². The molecule has 0 aliphatic heterocycles. The van der Waals surface area contributed by atoms with Crippen LogP contribution in [0, 0.1) is 0 Å². The van der Waals surface area contributed by atoms with Crippen molar-refractivity contribution in [2.24, 2.45) is 0 Å². The molecule has 2 rings (SSSR count). The van der Waals surface area contributed by atoms with Gasteiger partial charge in [0.05, 0.1) is 0 Å². The Labute approximate surface area is 114 Å². The van der Waals surface area contributed by atoms with E-state index in [-0.39, 0.29) is 0 Å². The summed E-state index contributed by atoms with van der Waals surface area (Å²) in [5.74, 6) is -1.71. The highest BCUT2D eigenvalue weighted by Gasteiger charge is 2.09. The molecular weight excluding hydrogens is 268 g/mol. The first-order valence-corrected chi connectivity index (χ1v) is 6.68. The van der Waals surface area contributed by atoms with Gasteiger partial charge in [-0.25, -0.2) is 4.98 Å². The van der Waals surface area contributed by atoms with Crippen LogP contribution < -0.4 is 5.32 Å². The molecule has 1 aromatic heterocycles. The van der Waals surface area contributed by atoms with Gasteiger partial charge in [-0.1, -0.05) is 23.9 Å². The Morgan fingerprint density at radius 3 is 2.47 bits per heavy atom. The van der Waals surface area contributed by atoms with Crippen LogP contribution in [0.2, 0.25) is 0 Å². The molecule has 6 heteroatoms. The van der Waals surface area contributed by atoms with E-state index in [4.69, 9.17) is 0 Å². The van der Waals surface area contributed by atoms with Crippen molar-refractivity contribution in [2.45, 2.75) is 17.6 Å². The first kappa shape index (κ1) is 13.7. The normalized spacial score (nSPS) is 10.7. The minimum absolute atomic E-state index is 0.532. The van der Waals surface area contributed by atoms with Gasteiger partial charge in [0, 0.05) is 29.4 Å². The maximum atomic E-state index is 12.2. The minimum atomic E-state index is -2.40. The fraction of sp³-hybridized carbons (Fsp3) is 0.231. The van der Waals surface area contributed by atoms with Crippen LogP contribution in [0.1, 0.15) is 6.92 Å². The smallest absolute Gasteiger partial charge is 0.288 e. The van der Waals surface area contributed by atoms with Crippen LogP contribution >= 0.6 is 11.8 Å². The van der Waals surface area contributed by atoms with E-state index in [0.29, 0.717) is 22.5 Å². The number of nitrogens with zero attached hydrogens (tertiary/aromatic N) is 2. The zero-order chi connectivity index (χ0) is 13.7. The van der Waals surface area contributed by atoms with Crippen molar-refractivity contribution in [2.75, 3.05) is 11.9 Å². The molecule has 3 nitrogen and oxygen atoms in total. The van der Waals surface area contributed by atoms with E-state index in [1.165, 1.54) is 0 Å². The summed E-state index contributed by atoms with van der Waals surface area (Å²) in [4.78, 5) is 9.03. The average molecular weight is 281 g/mol. The van der Waals surface area contributed by atoms with E-state index in [2.05, 4.69) is 15.3 Å². The summed E-state index contributed by atoms with van der Waals surface area (Å²) in [6, 6.07) is 6.87. The van der Waals surface area contributed by atoms with Crippen LogP contribution in [-0.2, 0) is 0 Å². The SMILES string of the molecule is CCNc1nccnc1-c1ccc(SC(F)F)cc1. The number of benzene rings is 1. The highest BCUT2D eigenvalue weighted by atomic mass is 32.2. The summed E-state index contributed by atoms with van der Waals surface area (Å²) in [6.07, 6.45) is 3.22. The monoisotopic (exact) mass is 281 g/mol. The molecule has 1 N–H and O–H groups in total. The lowest BCUT2D eigenvalue weighted by Gasteiger charge is -2.08. The third kappa shape index (κ3) is 3.64. The predicted molar refractivity (Wildman–Crippen MR) is 73.5 cm³/mol. The van der Waals surface area contributed by atoms with Gasteiger partial charge in [-0.05, 0) is 19.1 Å². The van der Waals surface area contributed by atoms with Crippen LogP contribution in [0.25, 0.3) is 11.3 Å². The zero-order valence-electron chi connectivity index (χ0n) is 10.3. The van der Waals surface area contributed by atoms with Crippen molar-refractivity contribution in [3.63, 3.8) is 0 Å². The van der Waals surface area contributed by atoms with Gasteiger partial charge in [0.25, 0.3) is 5.76 Å². The second kappa shape index (κ2) is 6.47. The van der Waals surface area contributed by atoms with Crippen LogP contribution in [-0.4, -0.2) is 22.3 Å². The third-order valence-electron chi connectivity index (χ3n) is 2.40. The molecule has 0 saturated heterocycles. The van der Waals surface area contributed by atoms with Crippen molar-refractivity contribution < 1.29 is 8.78 Å². The van der Waals surface area contributed by atoms with Gasteiger partial charge in [0.15, 0.2) is 5.82 Å². The van der Waals surface area contributed by atoms with Crippen LogP contribution in [0.5, 0.6) is 0 Å².